The summed E-state index contributed by atoms with van der Waals surface area (Å²) < 4.78 is 4.51. The first-order valence-corrected chi connectivity index (χ1v) is 20.5. The zero-order valence-corrected chi connectivity index (χ0v) is 38.0. The number of ketones is 7. The fourth-order valence-corrected chi connectivity index (χ4v) is 4.15. The molecule has 0 heterocycles. The molecule has 0 spiro atoms. The summed E-state index contributed by atoms with van der Waals surface area (Å²) in [5.74, 6) is 0.141. The zero-order chi connectivity index (χ0) is 45.4. The van der Waals surface area contributed by atoms with Gasteiger partial charge in [-0.25, -0.2) is 0 Å². The number of unbranched alkanes of at least 4 members (excludes halogenated alkanes) is 2. The number of hydrogen-bond acceptors (Lipinski definition) is 9. The van der Waals surface area contributed by atoms with Crippen LogP contribution in [-0.4, -0.2) is 53.1 Å². The van der Waals surface area contributed by atoms with Gasteiger partial charge in [0.1, 0.15) is 11.6 Å². The first-order chi connectivity index (χ1) is 26.8. The van der Waals surface area contributed by atoms with Crippen molar-refractivity contribution in [3.63, 3.8) is 0 Å². The normalized spacial score (nSPS) is 12.1. The summed E-state index contributed by atoms with van der Waals surface area (Å²) in [6, 6.07) is 0. The molecular formula is C48H78O9. The highest BCUT2D eigenvalue weighted by molar-refractivity contribution is 6.00. The van der Waals surface area contributed by atoms with Crippen molar-refractivity contribution in [3.8, 4) is 0 Å². The van der Waals surface area contributed by atoms with E-state index in [1.165, 1.54) is 38.3 Å². The molecule has 0 aromatic rings. The maximum absolute atomic E-state index is 11.3. The molecule has 1 aliphatic rings. The van der Waals surface area contributed by atoms with Gasteiger partial charge in [-0.3, -0.25) is 38.4 Å². The van der Waals surface area contributed by atoms with E-state index in [4.69, 9.17) is 0 Å². The molecule has 0 bridgehead atoms. The van der Waals surface area contributed by atoms with Crippen molar-refractivity contribution in [1.29, 1.82) is 0 Å². The minimum absolute atomic E-state index is 0.0301. The molecule has 1 unspecified atom stereocenters. The van der Waals surface area contributed by atoms with Crippen LogP contribution in [0, 0.1) is 5.92 Å². The van der Waals surface area contributed by atoms with E-state index in [0.29, 0.717) is 31.5 Å². The first-order valence-electron chi connectivity index (χ1n) is 20.5. The largest absolute Gasteiger partial charge is 0.465 e. The topological polar surface area (TPSA) is 146 Å². The molecule has 0 amide bonds. The van der Waals surface area contributed by atoms with E-state index in [1.54, 1.807) is 26.0 Å². The number of Topliss-reactive ketones (excluding diaryl/α,β-unsaturated/α-hetero) is 5. The summed E-state index contributed by atoms with van der Waals surface area (Å²) in [7, 11) is 0. The Bertz CT molecular complexity index is 1370. The molecule has 0 saturated carbocycles. The third-order valence-corrected chi connectivity index (χ3v) is 8.32. The second-order valence-corrected chi connectivity index (χ2v) is 13.1. The smallest absolute Gasteiger partial charge is 0.302 e. The molecule has 9 heteroatoms. The van der Waals surface area contributed by atoms with Crippen LogP contribution in [0.1, 0.15) is 173 Å². The maximum Gasteiger partial charge on any atom is 0.302 e. The van der Waals surface area contributed by atoms with Crippen molar-refractivity contribution < 1.29 is 43.1 Å². The number of esters is 1. The van der Waals surface area contributed by atoms with E-state index < -0.39 is 5.92 Å². The number of allylic oxidation sites excluding steroid dienone is 10. The standard InChI is InChI=1S/C11H16O.C10H18O.C7H10O3.C7H12O2.C7H12O.C6H10O/c1-3-4-5-6-10-9(2)7-8-11(10)12;1-4-6-7-8-9(3)10(11)5-2;1-3-7(9)4-5-10-6(2)8;1-4-7(9)5(2)6(3)8;1-4-6(3)7(8)5-2;1-3-5-6(7)4-2/h4-5H,3,6-8H2,1-2H3;3-8H2,1-2H3;3H,1,4-5H2,2H3;5H,4H2,1-3H3;4H,5H2,1-3H3;3,5H,4H2,1-2H3/b5-4-;;;;6-4+;5-3+. The molecule has 324 valence electrons. The monoisotopic (exact) mass is 799 g/mol. The van der Waals surface area contributed by atoms with Crippen LogP contribution in [0.4, 0.5) is 0 Å². The summed E-state index contributed by atoms with van der Waals surface area (Å²) >= 11 is 0. The first kappa shape index (κ1) is 61.8. The van der Waals surface area contributed by atoms with Gasteiger partial charge in [0.15, 0.2) is 28.9 Å². The van der Waals surface area contributed by atoms with Gasteiger partial charge in [-0.1, -0.05) is 97.4 Å². The Morgan fingerprint density at radius 1 is 0.772 bits per heavy atom. The van der Waals surface area contributed by atoms with Gasteiger partial charge in [-0.2, -0.15) is 0 Å². The Morgan fingerprint density at radius 2 is 1.35 bits per heavy atom. The van der Waals surface area contributed by atoms with Crippen LogP contribution >= 0.6 is 0 Å². The zero-order valence-electron chi connectivity index (χ0n) is 38.0. The van der Waals surface area contributed by atoms with Gasteiger partial charge in [-0.05, 0) is 103 Å². The Kier molecular flexibility index (Phi) is 46.3. The second-order valence-electron chi connectivity index (χ2n) is 13.1. The van der Waals surface area contributed by atoms with Crippen LogP contribution in [0.2, 0.25) is 0 Å². The van der Waals surface area contributed by atoms with Crippen molar-refractivity contribution in [2.45, 2.75) is 173 Å². The van der Waals surface area contributed by atoms with Crippen LogP contribution in [0.3, 0.4) is 0 Å². The number of carbonyl (C=O) groups is 8. The average molecular weight is 799 g/mol. The Balaban J connectivity index is -0.000000192. The molecule has 0 aromatic carbocycles. The molecule has 57 heavy (non-hydrogen) atoms. The molecule has 1 aliphatic carbocycles. The van der Waals surface area contributed by atoms with E-state index in [2.05, 4.69) is 50.8 Å². The van der Waals surface area contributed by atoms with Gasteiger partial charge < -0.3 is 4.74 Å². The van der Waals surface area contributed by atoms with Gasteiger partial charge in [0, 0.05) is 45.4 Å². The fraction of sp³-hybridized carbons (Fsp3) is 0.583. The number of rotatable bonds is 20. The average Bonchev–Trinajstić information content (AvgIpc) is 3.52. The fourth-order valence-electron chi connectivity index (χ4n) is 4.15. The second kappa shape index (κ2) is 42.7. The van der Waals surface area contributed by atoms with Crippen LogP contribution < -0.4 is 0 Å². The predicted octanol–water partition coefficient (Wildman–Crippen LogP) is 11.5. The number of carbonyl (C=O) groups excluding carboxylic acids is 8. The highest BCUT2D eigenvalue weighted by Crippen LogP contribution is 2.24. The molecule has 1 atom stereocenters. The Hall–Kier alpha value is -4.40. The summed E-state index contributed by atoms with van der Waals surface area (Å²) in [4.78, 5) is 85.2. The maximum atomic E-state index is 11.3. The lowest BCUT2D eigenvalue weighted by atomic mass is 10.0. The van der Waals surface area contributed by atoms with E-state index in [1.807, 2.05) is 47.6 Å². The molecule has 9 nitrogen and oxygen atoms in total. The Morgan fingerprint density at radius 3 is 1.67 bits per heavy atom. The molecule has 0 saturated heterocycles. The highest BCUT2D eigenvalue weighted by atomic mass is 16.5. The summed E-state index contributed by atoms with van der Waals surface area (Å²) in [5, 5.41) is 0. The lowest BCUT2D eigenvalue weighted by Crippen LogP contribution is -2.16. The van der Waals surface area contributed by atoms with Crippen molar-refractivity contribution in [2.75, 3.05) is 6.61 Å². The third-order valence-electron chi connectivity index (χ3n) is 8.32. The van der Waals surface area contributed by atoms with E-state index >= 15 is 0 Å². The third kappa shape index (κ3) is 41.1. The molecule has 0 radical (unpaired) electrons. The van der Waals surface area contributed by atoms with Crippen molar-refractivity contribution in [3.05, 3.63) is 71.9 Å². The van der Waals surface area contributed by atoms with Crippen LogP contribution in [0.15, 0.2) is 71.9 Å². The van der Waals surface area contributed by atoms with Gasteiger partial charge >= 0.3 is 5.97 Å². The van der Waals surface area contributed by atoms with Crippen LogP contribution in [0.25, 0.3) is 0 Å². The number of ether oxygens (including phenoxy) is 1. The molecule has 0 aliphatic heterocycles. The summed E-state index contributed by atoms with van der Waals surface area (Å²) in [5.41, 5.74) is 4.02. The van der Waals surface area contributed by atoms with Crippen molar-refractivity contribution in [2.24, 2.45) is 5.92 Å². The van der Waals surface area contributed by atoms with E-state index in [0.717, 1.165) is 55.2 Å². The summed E-state index contributed by atoms with van der Waals surface area (Å²) in [6.07, 6.45) is 21.2. The van der Waals surface area contributed by atoms with Gasteiger partial charge in [0.05, 0.1) is 12.5 Å². The molecule has 0 N–H and O–H groups in total. The predicted molar refractivity (Wildman–Crippen MR) is 236 cm³/mol. The lowest BCUT2D eigenvalue weighted by molar-refractivity contribution is -0.141. The SMILES string of the molecule is C/C=C(\C)C(=O)CC.C/C=C/C(=O)CC.C=C(CCCCC)C(=O)CC.C=CC(=O)CCOC(C)=O.CC/C=C\CC1=C(C)CCC1=O.CCC(=O)C(C)C(C)=O. The van der Waals surface area contributed by atoms with Crippen LogP contribution in [0.5, 0.6) is 0 Å². The van der Waals surface area contributed by atoms with Gasteiger partial charge in [0.25, 0.3) is 0 Å². The van der Waals surface area contributed by atoms with Crippen molar-refractivity contribution in [1.82, 2.24) is 0 Å². The van der Waals surface area contributed by atoms with Crippen LogP contribution in [-0.2, 0) is 43.1 Å². The lowest BCUT2D eigenvalue weighted by Gasteiger charge is -2.01. The number of hydrogen-bond donors (Lipinski definition) is 0. The summed E-state index contributed by atoms with van der Waals surface area (Å²) in [6.45, 7) is 30.8. The molecular weight excluding hydrogens is 721 g/mol. The Labute approximate surface area is 346 Å². The molecule has 0 aromatic heterocycles. The van der Waals surface area contributed by atoms with E-state index in [-0.39, 0.29) is 53.7 Å². The quantitative estimate of drug-likeness (QED) is 0.0386. The molecule has 0 fully saturated rings. The van der Waals surface area contributed by atoms with E-state index in [9.17, 15) is 38.4 Å². The minimum atomic E-state index is -0.394. The van der Waals surface area contributed by atoms with Crippen molar-refractivity contribution >= 4 is 46.5 Å². The van der Waals surface area contributed by atoms with Gasteiger partial charge in [0.2, 0.25) is 0 Å². The van der Waals surface area contributed by atoms with Gasteiger partial charge in [-0.15, -0.1) is 0 Å². The minimum Gasteiger partial charge on any atom is -0.465 e. The highest BCUT2D eigenvalue weighted by Gasteiger charge is 2.18. The molecule has 1 rings (SSSR count).